The topological polar surface area (TPSA) is 66.8 Å². The van der Waals surface area contributed by atoms with Crippen molar-refractivity contribution in [3.05, 3.63) is 71.5 Å². The van der Waals surface area contributed by atoms with E-state index in [2.05, 4.69) is 12.1 Å². The number of fused-ring (bicyclic) bond motifs is 3. The summed E-state index contributed by atoms with van der Waals surface area (Å²) in [7, 11) is 0. The molecule has 24 heavy (non-hydrogen) atoms. The van der Waals surface area contributed by atoms with Crippen molar-refractivity contribution in [2.45, 2.75) is 5.92 Å². The second-order valence-corrected chi connectivity index (χ2v) is 5.86. The predicted molar refractivity (Wildman–Crippen MR) is 87.5 cm³/mol. The van der Waals surface area contributed by atoms with Gasteiger partial charge in [-0.2, -0.15) is 0 Å². The minimum Gasteiger partial charge on any atom is -0.510 e. The Morgan fingerprint density at radius 1 is 1.08 bits per heavy atom. The third kappa shape index (κ3) is 2.25. The highest BCUT2D eigenvalue weighted by molar-refractivity contribution is 6.01. The quantitative estimate of drug-likeness (QED) is 0.922. The van der Waals surface area contributed by atoms with Crippen LogP contribution in [0.2, 0.25) is 0 Å². The average Bonchev–Trinajstić information content (AvgIpc) is 3.10. The van der Waals surface area contributed by atoms with Crippen LogP contribution in [0.1, 0.15) is 17.0 Å². The van der Waals surface area contributed by atoms with E-state index in [1.54, 1.807) is 0 Å². The molecule has 2 aromatic carbocycles. The van der Waals surface area contributed by atoms with Gasteiger partial charge in [-0.05, 0) is 22.3 Å². The van der Waals surface area contributed by atoms with Gasteiger partial charge in [-0.25, -0.2) is 9.69 Å². The molecule has 1 N–H and O–H groups in total. The largest absolute Gasteiger partial charge is 0.510 e. The van der Waals surface area contributed by atoms with Gasteiger partial charge in [-0.15, -0.1) is 0 Å². The van der Waals surface area contributed by atoms with Gasteiger partial charge < -0.3 is 9.84 Å². The lowest BCUT2D eigenvalue weighted by Crippen LogP contribution is -2.34. The number of aliphatic hydroxyl groups excluding tert-OH is 1. The van der Waals surface area contributed by atoms with E-state index in [1.165, 1.54) is 0 Å². The van der Waals surface area contributed by atoms with Gasteiger partial charge in [0, 0.05) is 12.0 Å². The van der Waals surface area contributed by atoms with E-state index in [0.29, 0.717) is 0 Å². The van der Waals surface area contributed by atoms with Crippen molar-refractivity contribution < 1.29 is 19.4 Å². The van der Waals surface area contributed by atoms with Crippen LogP contribution in [0, 0.1) is 0 Å². The number of nitrogens with zero attached hydrogens (tertiary/aromatic N) is 1. The summed E-state index contributed by atoms with van der Waals surface area (Å²) < 4.78 is 5.36. The molecule has 0 radical (unpaired) electrons. The van der Waals surface area contributed by atoms with Gasteiger partial charge in [0.2, 0.25) is 0 Å². The predicted octanol–water partition coefficient (Wildman–Crippen LogP) is 3.22. The van der Waals surface area contributed by atoms with Crippen molar-refractivity contribution >= 4 is 12.0 Å². The van der Waals surface area contributed by atoms with E-state index in [9.17, 15) is 14.7 Å². The molecule has 5 nitrogen and oxygen atoms in total. The lowest BCUT2D eigenvalue weighted by molar-refractivity contribution is -0.123. The first-order valence-corrected chi connectivity index (χ1v) is 7.71. The summed E-state index contributed by atoms with van der Waals surface area (Å²) in [5, 5.41) is 9.35. The first-order chi connectivity index (χ1) is 11.6. The third-order valence-corrected chi connectivity index (χ3v) is 4.43. The minimum absolute atomic E-state index is 0.0550. The summed E-state index contributed by atoms with van der Waals surface area (Å²) in [6.45, 7) is 0.0207. The van der Waals surface area contributed by atoms with Crippen LogP contribution >= 0.6 is 0 Å². The maximum Gasteiger partial charge on any atom is 0.417 e. The maximum atomic E-state index is 12.1. The van der Waals surface area contributed by atoms with E-state index in [-0.39, 0.29) is 24.8 Å². The summed E-state index contributed by atoms with van der Waals surface area (Å²) in [6, 6.07) is 16.1. The van der Waals surface area contributed by atoms with Crippen LogP contribution in [0.5, 0.6) is 0 Å². The molecule has 0 bridgehead atoms. The molecule has 0 saturated heterocycles. The lowest BCUT2D eigenvalue weighted by atomic mass is 9.98. The van der Waals surface area contributed by atoms with Gasteiger partial charge in [0.15, 0.2) is 0 Å². The first-order valence-electron chi connectivity index (χ1n) is 7.71. The van der Waals surface area contributed by atoms with Gasteiger partial charge in [0.05, 0.1) is 6.54 Å². The molecule has 2 aromatic rings. The van der Waals surface area contributed by atoms with Crippen LogP contribution in [0.4, 0.5) is 4.79 Å². The van der Waals surface area contributed by atoms with Crippen molar-refractivity contribution in [3.63, 3.8) is 0 Å². The number of aliphatic hydroxyl groups is 1. The molecule has 4 rings (SSSR count). The molecule has 1 aliphatic heterocycles. The van der Waals surface area contributed by atoms with Gasteiger partial charge in [-0.1, -0.05) is 48.5 Å². The van der Waals surface area contributed by atoms with Gasteiger partial charge >= 0.3 is 6.09 Å². The number of hydrogen-bond acceptors (Lipinski definition) is 4. The molecular formula is C19H15NO4. The molecule has 120 valence electrons. The summed E-state index contributed by atoms with van der Waals surface area (Å²) >= 11 is 0. The van der Waals surface area contributed by atoms with E-state index in [0.717, 1.165) is 33.2 Å². The number of imide groups is 1. The monoisotopic (exact) mass is 321 g/mol. The number of ether oxygens (including phenoxy) is 1. The molecular weight excluding hydrogens is 306 g/mol. The van der Waals surface area contributed by atoms with Gasteiger partial charge in [0.1, 0.15) is 12.4 Å². The van der Waals surface area contributed by atoms with Crippen molar-refractivity contribution in [3.8, 4) is 11.1 Å². The number of hydrogen-bond donors (Lipinski definition) is 1. The highest BCUT2D eigenvalue weighted by Crippen LogP contribution is 2.44. The number of amides is 2. The second kappa shape index (κ2) is 5.53. The summed E-state index contributed by atoms with van der Waals surface area (Å²) in [4.78, 5) is 24.6. The molecule has 2 amide bonds. The van der Waals surface area contributed by atoms with Crippen LogP contribution in [-0.4, -0.2) is 35.2 Å². The van der Waals surface area contributed by atoms with Gasteiger partial charge in [-0.3, -0.25) is 4.79 Å². The fourth-order valence-electron chi connectivity index (χ4n) is 3.33. The Balaban J connectivity index is 1.55. The average molecular weight is 321 g/mol. The highest BCUT2D eigenvalue weighted by atomic mass is 16.6. The van der Waals surface area contributed by atoms with E-state index < -0.39 is 12.0 Å². The Hall–Kier alpha value is -3.08. The van der Waals surface area contributed by atoms with Crippen LogP contribution in [-0.2, 0) is 9.53 Å². The number of rotatable bonds is 2. The Morgan fingerprint density at radius 2 is 1.67 bits per heavy atom. The number of carbonyl (C=O) groups is 2. The Labute approximate surface area is 138 Å². The summed E-state index contributed by atoms with van der Waals surface area (Å²) in [5.74, 6) is -0.737. The normalized spacial score (nSPS) is 15.9. The van der Waals surface area contributed by atoms with E-state index >= 15 is 0 Å². The number of carbonyl (C=O) groups excluding carboxylic acids is 2. The Kier molecular flexibility index (Phi) is 3.34. The van der Waals surface area contributed by atoms with Crippen LogP contribution in [0.15, 0.2) is 60.4 Å². The zero-order valence-corrected chi connectivity index (χ0v) is 12.8. The summed E-state index contributed by atoms with van der Waals surface area (Å²) in [5.41, 5.74) is 4.51. The second-order valence-electron chi connectivity index (χ2n) is 5.86. The fraction of sp³-hybridized carbons (Fsp3) is 0.158. The van der Waals surface area contributed by atoms with Crippen LogP contribution < -0.4 is 0 Å². The molecule has 0 atom stereocenters. The smallest absolute Gasteiger partial charge is 0.417 e. The molecule has 5 heteroatoms. The Morgan fingerprint density at radius 3 is 2.21 bits per heavy atom. The molecule has 0 unspecified atom stereocenters. The van der Waals surface area contributed by atoms with Crippen molar-refractivity contribution in [2.75, 3.05) is 13.2 Å². The number of benzene rings is 2. The lowest BCUT2D eigenvalue weighted by Gasteiger charge is -2.17. The zero-order chi connectivity index (χ0) is 16.7. The zero-order valence-electron chi connectivity index (χ0n) is 12.8. The summed E-state index contributed by atoms with van der Waals surface area (Å²) in [6.07, 6.45) is 0.295. The van der Waals surface area contributed by atoms with Crippen LogP contribution in [0.3, 0.4) is 0 Å². The van der Waals surface area contributed by atoms with Crippen molar-refractivity contribution in [1.82, 2.24) is 4.90 Å². The molecule has 0 fully saturated rings. The minimum atomic E-state index is -0.734. The maximum absolute atomic E-state index is 12.1. The Bertz CT molecular complexity index is 826. The fourth-order valence-corrected chi connectivity index (χ4v) is 3.33. The van der Waals surface area contributed by atoms with E-state index in [1.807, 2.05) is 36.4 Å². The molecule has 0 spiro atoms. The first kappa shape index (κ1) is 14.5. The SMILES string of the molecule is O=C1C=C(O)CN1C(=O)OCC1c2ccccc2-c2ccccc21. The highest BCUT2D eigenvalue weighted by Gasteiger charge is 2.32. The molecule has 2 aliphatic rings. The van der Waals surface area contributed by atoms with Crippen LogP contribution in [0.25, 0.3) is 11.1 Å². The van der Waals surface area contributed by atoms with Gasteiger partial charge in [0.25, 0.3) is 5.91 Å². The molecule has 0 aromatic heterocycles. The molecule has 1 heterocycles. The molecule has 0 saturated carbocycles. The van der Waals surface area contributed by atoms with E-state index in [4.69, 9.17) is 4.74 Å². The molecule has 1 aliphatic carbocycles. The van der Waals surface area contributed by atoms with Crippen molar-refractivity contribution in [1.29, 1.82) is 0 Å². The third-order valence-electron chi connectivity index (χ3n) is 4.43. The standard InChI is InChI=1S/C19H15NO4/c21-12-9-18(22)20(10-12)19(23)24-11-17-15-7-3-1-5-13(15)14-6-2-4-8-16(14)17/h1-9,17,21H,10-11H2. The van der Waals surface area contributed by atoms with Crippen molar-refractivity contribution in [2.24, 2.45) is 0 Å².